The van der Waals surface area contributed by atoms with Crippen molar-refractivity contribution in [2.24, 2.45) is 7.05 Å². The zero-order valence-electron chi connectivity index (χ0n) is 8.48. The fraction of sp³-hybridized carbons (Fsp3) is 0.200. The lowest BCUT2D eigenvalue weighted by Crippen LogP contribution is -1.97. The lowest BCUT2D eigenvalue weighted by molar-refractivity contribution is 0.0691. The first-order valence-electron chi connectivity index (χ1n) is 4.50. The summed E-state index contributed by atoms with van der Waals surface area (Å²) in [5.74, 6) is -0.957. The van der Waals surface area contributed by atoms with Gasteiger partial charge >= 0.3 is 5.97 Å². The molecular formula is C10H11N3O2. The molecule has 2 heterocycles. The second-order valence-corrected chi connectivity index (χ2v) is 3.38. The normalized spacial score (nSPS) is 10.5. The van der Waals surface area contributed by atoms with Crippen molar-refractivity contribution in [2.45, 2.75) is 6.92 Å². The molecule has 0 fully saturated rings. The van der Waals surface area contributed by atoms with Gasteiger partial charge in [0.15, 0.2) is 0 Å². The van der Waals surface area contributed by atoms with E-state index in [4.69, 9.17) is 5.11 Å². The number of aromatic carboxylic acids is 1. The highest BCUT2D eigenvalue weighted by Gasteiger charge is 2.11. The molecule has 2 rings (SSSR count). The van der Waals surface area contributed by atoms with E-state index < -0.39 is 5.97 Å². The van der Waals surface area contributed by atoms with Crippen molar-refractivity contribution in [1.29, 1.82) is 0 Å². The number of aryl methyl sites for hydroxylation is 2. The lowest BCUT2D eigenvalue weighted by Gasteiger charge is -2.00. The number of carboxylic acids is 1. The first-order valence-corrected chi connectivity index (χ1v) is 4.50. The highest BCUT2D eigenvalue weighted by Crippen LogP contribution is 2.20. The van der Waals surface area contributed by atoms with E-state index in [0.717, 1.165) is 17.1 Å². The SMILES string of the molecule is Cc1ncn(C)c1-c1ccc(C(=O)O)[nH]1. The van der Waals surface area contributed by atoms with Crippen LogP contribution in [-0.4, -0.2) is 25.6 Å². The summed E-state index contributed by atoms with van der Waals surface area (Å²) in [6.45, 7) is 1.89. The molecular weight excluding hydrogens is 194 g/mol. The quantitative estimate of drug-likeness (QED) is 0.778. The van der Waals surface area contributed by atoms with Crippen molar-refractivity contribution in [1.82, 2.24) is 14.5 Å². The molecule has 0 saturated heterocycles. The molecule has 2 aromatic heterocycles. The highest BCUT2D eigenvalue weighted by molar-refractivity contribution is 5.86. The molecule has 5 heteroatoms. The van der Waals surface area contributed by atoms with Gasteiger partial charge in [0.25, 0.3) is 0 Å². The Morgan fingerprint density at radius 3 is 2.73 bits per heavy atom. The number of carbonyl (C=O) groups is 1. The Morgan fingerprint density at radius 2 is 2.27 bits per heavy atom. The largest absolute Gasteiger partial charge is 0.477 e. The molecule has 0 bridgehead atoms. The van der Waals surface area contributed by atoms with Gasteiger partial charge in [0.1, 0.15) is 5.69 Å². The molecule has 5 nitrogen and oxygen atoms in total. The third-order valence-electron chi connectivity index (χ3n) is 2.29. The zero-order valence-corrected chi connectivity index (χ0v) is 8.48. The number of hydrogen-bond donors (Lipinski definition) is 2. The number of rotatable bonds is 2. The highest BCUT2D eigenvalue weighted by atomic mass is 16.4. The second kappa shape index (κ2) is 3.27. The van der Waals surface area contributed by atoms with Gasteiger partial charge in [0.2, 0.25) is 0 Å². The van der Waals surface area contributed by atoms with Crippen LogP contribution in [0.25, 0.3) is 11.4 Å². The summed E-state index contributed by atoms with van der Waals surface area (Å²) in [4.78, 5) is 17.7. The topological polar surface area (TPSA) is 70.9 Å². The van der Waals surface area contributed by atoms with Gasteiger partial charge in [-0.25, -0.2) is 9.78 Å². The maximum absolute atomic E-state index is 10.7. The standard InChI is InChI=1S/C10H11N3O2/c1-6-9(13(2)5-11-6)7-3-4-8(12-7)10(14)15/h3-5,12H,1-2H3,(H,14,15). The molecule has 0 unspecified atom stereocenters. The van der Waals surface area contributed by atoms with E-state index in [1.807, 2.05) is 18.5 Å². The number of hydrogen-bond acceptors (Lipinski definition) is 2. The number of aromatic amines is 1. The van der Waals surface area contributed by atoms with Crippen molar-refractivity contribution in [3.05, 3.63) is 29.8 Å². The zero-order chi connectivity index (χ0) is 11.0. The lowest BCUT2D eigenvalue weighted by atomic mass is 10.2. The summed E-state index contributed by atoms with van der Waals surface area (Å²) in [7, 11) is 1.87. The van der Waals surface area contributed by atoms with Crippen LogP contribution in [0.3, 0.4) is 0 Å². The van der Waals surface area contributed by atoms with Crippen LogP contribution in [0.5, 0.6) is 0 Å². The monoisotopic (exact) mass is 205 g/mol. The summed E-state index contributed by atoms with van der Waals surface area (Å²) in [5, 5.41) is 8.78. The number of aromatic nitrogens is 3. The summed E-state index contributed by atoms with van der Waals surface area (Å²) < 4.78 is 1.85. The Morgan fingerprint density at radius 1 is 1.53 bits per heavy atom. The molecule has 0 radical (unpaired) electrons. The van der Waals surface area contributed by atoms with Gasteiger partial charge in [-0.2, -0.15) is 0 Å². The number of nitrogens with one attached hydrogen (secondary N) is 1. The van der Waals surface area contributed by atoms with Crippen molar-refractivity contribution in [3.63, 3.8) is 0 Å². The summed E-state index contributed by atoms with van der Waals surface area (Å²) in [5.41, 5.74) is 2.73. The summed E-state index contributed by atoms with van der Waals surface area (Å²) in [6, 6.07) is 3.29. The van der Waals surface area contributed by atoms with Gasteiger partial charge in [-0.05, 0) is 19.1 Å². The van der Waals surface area contributed by atoms with E-state index in [1.54, 1.807) is 18.5 Å². The number of imidazole rings is 1. The minimum atomic E-state index is -0.957. The van der Waals surface area contributed by atoms with E-state index in [-0.39, 0.29) is 5.69 Å². The Bertz CT molecular complexity index is 491. The predicted octanol–water partition coefficient (Wildman–Crippen LogP) is 1.42. The van der Waals surface area contributed by atoms with E-state index in [1.165, 1.54) is 0 Å². The minimum Gasteiger partial charge on any atom is -0.477 e. The molecule has 0 aliphatic heterocycles. The van der Waals surface area contributed by atoms with Gasteiger partial charge in [-0.3, -0.25) is 0 Å². The number of carboxylic acid groups (broad SMARTS) is 1. The molecule has 0 spiro atoms. The predicted molar refractivity (Wildman–Crippen MR) is 54.7 cm³/mol. The summed E-state index contributed by atoms with van der Waals surface area (Å²) in [6.07, 6.45) is 1.70. The van der Waals surface area contributed by atoms with E-state index in [9.17, 15) is 4.79 Å². The second-order valence-electron chi connectivity index (χ2n) is 3.38. The Balaban J connectivity index is 2.50. The molecule has 0 amide bonds. The molecule has 78 valence electrons. The Labute approximate surface area is 86.4 Å². The van der Waals surface area contributed by atoms with Crippen molar-refractivity contribution >= 4 is 5.97 Å². The average Bonchev–Trinajstić information content (AvgIpc) is 2.73. The molecule has 0 aliphatic rings. The molecule has 0 atom stereocenters. The van der Waals surface area contributed by atoms with Crippen molar-refractivity contribution in [3.8, 4) is 11.4 Å². The smallest absolute Gasteiger partial charge is 0.352 e. The molecule has 2 N–H and O–H groups in total. The number of H-pyrrole nitrogens is 1. The fourth-order valence-electron chi connectivity index (χ4n) is 1.59. The van der Waals surface area contributed by atoms with Crippen LogP contribution in [0.1, 0.15) is 16.2 Å². The molecule has 2 aromatic rings. The number of nitrogens with zero attached hydrogens (tertiary/aromatic N) is 2. The Hall–Kier alpha value is -2.04. The third-order valence-corrected chi connectivity index (χ3v) is 2.29. The third kappa shape index (κ3) is 1.52. The minimum absolute atomic E-state index is 0.186. The van der Waals surface area contributed by atoms with Crippen LogP contribution < -0.4 is 0 Å². The molecule has 15 heavy (non-hydrogen) atoms. The first-order chi connectivity index (χ1) is 7.09. The van der Waals surface area contributed by atoms with Crippen LogP contribution >= 0.6 is 0 Å². The van der Waals surface area contributed by atoms with Gasteiger partial charge in [-0.15, -0.1) is 0 Å². The van der Waals surface area contributed by atoms with Crippen molar-refractivity contribution < 1.29 is 9.90 Å². The molecule has 0 aromatic carbocycles. The first kappa shape index (κ1) is 9.51. The summed E-state index contributed by atoms with van der Waals surface area (Å²) >= 11 is 0. The average molecular weight is 205 g/mol. The molecule has 0 aliphatic carbocycles. The van der Waals surface area contributed by atoms with E-state index in [0.29, 0.717) is 0 Å². The van der Waals surface area contributed by atoms with Crippen molar-refractivity contribution in [2.75, 3.05) is 0 Å². The van der Waals surface area contributed by atoms with E-state index >= 15 is 0 Å². The van der Waals surface area contributed by atoms with Crippen LogP contribution in [0.15, 0.2) is 18.5 Å². The van der Waals surface area contributed by atoms with Gasteiger partial charge < -0.3 is 14.7 Å². The van der Waals surface area contributed by atoms with Gasteiger partial charge in [-0.1, -0.05) is 0 Å². The van der Waals surface area contributed by atoms with Gasteiger partial charge in [0, 0.05) is 7.05 Å². The van der Waals surface area contributed by atoms with Crippen LogP contribution in [-0.2, 0) is 7.05 Å². The van der Waals surface area contributed by atoms with E-state index in [2.05, 4.69) is 9.97 Å². The van der Waals surface area contributed by atoms with Crippen LogP contribution in [0.4, 0.5) is 0 Å². The fourth-order valence-corrected chi connectivity index (χ4v) is 1.59. The van der Waals surface area contributed by atoms with Crippen LogP contribution in [0, 0.1) is 6.92 Å². The van der Waals surface area contributed by atoms with Crippen LogP contribution in [0.2, 0.25) is 0 Å². The maximum atomic E-state index is 10.7. The molecule has 0 saturated carbocycles. The maximum Gasteiger partial charge on any atom is 0.352 e. The van der Waals surface area contributed by atoms with Gasteiger partial charge in [0.05, 0.1) is 23.4 Å². The Kier molecular flexibility index (Phi) is 2.07.